The molecule has 44 heavy (non-hydrogen) atoms. The lowest BCUT2D eigenvalue weighted by molar-refractivity contribution is -0.124. The topological polar surface area (TPSA) is 186 Å². The zero-order chi connectivity index (χ0) is 30.9. The molecule has 2 bridgehead atoms. The van der Waals surface area contributed by atoms with Crippen LogP contribution in [0.5, 0.6) is 0 Å². The van der Waals surface area contributed by atoms with Crippen LogP contribution in [0.2, 0.25) is 0 Å². The molecule has 4 N–H and O–H groups in total. The predicted octanol–water partition coefficient (Wildman–Crippen LogP) is 1.33. The number of fused-ring (bicyclic) bond motifs is 2. The van der Waals surface area contributed by atoms with Crippen LogP contribution in [0.15, 0.2) is 71.6 Å². The van der Waals surface area contributed by atoms with E-state index in [0.717, 1.165) is 11.1 Å². The van der Waals surface area contributed by atoms with Crippen molar-refractivity contribution in [1.29, 1.82) is 0 Å². The molecule has 1 aliphatic heterocycles. The molecule has 2 aromatic heterocycles. The van der Waals surface area contributed by atoms with Crippen molar-refractivity contribution in [2.75, 3.05) is 6.54 Å². The maximum absolute atomic E-state index is 13.3. The number of carbonyl (C=O) groups is 4. The minimum Gasteiger partial charge on any atom is -0.446 e. The van der Waals surface area contributed by atoms with Crippen molar-refractivity contribution in [2.24, 2.45) is 0 Å². The Morgan fingerprint density at radius 3 is 2.55 bits per heavy atom. The van der Waals surface area contributed by atoms with Gasteiger partial charge in [-0.25, -0.2) is 9.67 Å². The second-order valence-electron chi connectivity index (χ2n) is 10.5. The summed E-state index contributed by atoms with van der Waals surface area (Å²) in [6.45, 7) is 2.45. The SMILES string of the molecule is C[C@@H]1NC(=O)[C@@H](NC(=O)c2ccc(Cn3cnnn3)cc2)CCCCNC(=O)[C@H](Cc2ccccc2)NC(=O)c2coc1n2. The Bertz CT molecular complexity index is 1570. The molecule has 0 spiro atoms. The van der Waals surface area contributed by atoms with Crippen LogP contribution in [-0.4, -0.2) is 67.4 Å². The highest BCUT2D eigenvalue weighted by Crippen LogP contribution is 2.15. The third-order valence-electron chi connectivity index (χ3n) is 7.18. The van der Waals surface area contributed by atoms with Gasteiger partial charge in [0.2, 0.25) is 17.7 Å². The zero-order valence-electron chi connectivity index (χ0n) is 24.1. The summed E-state index contributed by atoms with van der Waals surface area (Å²) < 4.78 is 7.06. The van der Waals surface area contributed by atoms with Crippen LogP contribution in [0.1, 0.15) is 70.1 Å². The van der Waals surface area contributed by atoms with E-state index in [1.165, 1.54) is 12.6 Å². The summed E-state index contributed by atoms with van der Waals surface area (Å²) in [5, 5.41) is 22.3. The molecule has 0 unspecified atom stereocenters. The summed E-state index contributed by atoms with van der Waals surface area (Å²) in [4.78, 5) is 56.8. The summed E-state index contributed by atoms with van der Waals surface area (Å²) in [5.74, 6) is -1.63. The first kappa shape index (κ1) is 30.1. The van der Waals surface area contributed by atoms with Crippen molar-refractivity contribution in [1.82, 2.24) is 46.5 Å². The summed E-state index contributed by atoms with van der Waals surface area (Å²) in [6.07, 6.45) is 4.40. The van der Waals surface area contributed by atoms with Gasteiger partial charge in [0.1, 0.15) is 30.7 Å². The zero-order valence-corrected chi connectivity index (χ0v) is 24.1. The summed E-state index contributed by atoms with van der Waals surface area (Å²) in [7, 11) is 0. The molecule has 14 heteroatoms. The maximum atomic E-state index is 13.3. The number of amides is 4. The van der Waals surface area contributed by atoms with E-state index in [-0.39, 0.29) is 17.5 Å². The number of oxazole rings is 1. The van der Waals surface area contributed by atoms with E-state index >= 15 is 0 Å². The fraction of sp³-hybridized carbons (Fsp3) is 0.333. The van der Waals surface area contributed by atoms with Crippen LogP contribution >= 0.6 is 0 Å². The average Bonchev–Trinajstić information content (AvgIpc) is 3.73. The number of benzene rings is 2. The van der Waals surface area contributed by atoms with Crippen LogP contribution in [0.3, 0.4) is 0 Å². The minimum absolute atomic E-state index is 0.0209. The summed E-state index contributed by atoms with van der Waals surface area (Å²) in [6, 6.07) is 13.9. The highest BCUT2D eigenvalue weighted by Gasteiger charge is 2.27. The molecule has 4 aromatic rings. The van der Waals surface area contributed by atoms with Gasteiger partial charge in [0.25, 0.3) is 11.8 Å². The lowest BCUT2D eigenvalue weighted by Gasteiger charge is -2.21. The molecule has 0 saturated carbocycles. The number of nitrogens with zero attached hydrogens (tertiary/aromatic N) is 5. The Kier molecular flexibility index (Phi) is 9.69. The van der Waals surface area contributed by atoms with Crippen molar-refractivity contribution in [3.8, 4) is 0 Å². The number of tetrazole rings is 1. The Balaban J connectivity index is 1.28. The highest BCUT2D eigenvalue weighted by molar-refractivity contribution is 5.98. The molecule has 2 aromatic carbocycles. The van der Waals surface area contributed by atoms with Gasteiger partial charge in [-0.3, -0.25) is 19.2 Å². The number of nitrogens with one attached hydrogen (secondary N) is 4. The van der Waals surface area contributed by atoms with E-state index in [0.29, 0.717) is 44.3 Å². The van der Waals surface area contributed by atoms with E-state index in [4.69, 9.17) is 4.42 Å². The fourth-order valence-electron chi connectivity index (χ4n) is 4.78. The predicted molar refractivity (Wildman–Crippen MR) is 156 cm³/mol. The second-order valence-corrected chi connectivity index (χ2v) is 10.5. The quantitative estimate of drug-likeness (QED) is 0.254. The summed E-state index contributed by atoms with van der Waals surface area (Å²) in [5.41, 5.74) is 2.16. The first-order chi connectivity index (χ1) is 21.4. The van der Waals surface area contributed by atoms with Crippen molar-refractivity contribution in [3.63, 3.8) is 0 Å². The van der Waals surface area contributed by atoms with Gasteiger partial charge in [0.05, 0.1) is 6.54 Å². The van der Waals surface area contributed by atoms with Crippen LogP contribution in [0, 0.1) is 0 Å². The highest BCUT2D eigenvalue weighted by atomic mass is 16.3. The number of rotatable bonds is 6. The van der Waals surface area contributed by atoms with Gasteiger partial charge >= 0.3 is 0 Å². The smallest absolute Gasteiger partial charge is 0.273 e. The van der Waals surface area contributed by atoms with Gasteiger partial charge in [-0.1, -0.05) is 42.5 Å². The Morgan fingerprint density at radius 1 is 1.00 bits per heavy atom. The van der Waals surface area contributed by atoms with Gasteiger partial charge in [-0.15, -0.1) is 5.10 Å². The normalized spacial score (nSPS) is 19.8. The molecule has 0 radical (unpaired) electrons. The first-order valence-electron chi connectivity index (χ1n) is 14.3. The van der Waals surface area contributed by atoms with E-state index in [1.807, 2.05) is 30.3 Å². The third-order valence-corrected chi connectivity index (χ3v) is 7.18. The summed E-state index contributed by atoms with van der Waals surface area (Å²) >= 11 is 0. The Labute approximate surface area is 253 Å². The number of hydrogen-bond donors (Lipinski definition) is 4. The molecule has 0 aliphatic carbocycles. The lowest BCUT2D eigenvalue weighted by atomic mass is 10.0. The number of aromatic nitrogens is 5. The standard InChI is InChI=1S/C30H33N9O5/c1-19-30-36-25(17-44-30)29(43)35-24(15-20-7-3-2-4-8-20)27(41)31-14-6-5-9-23(28(42)33-19)34-26(40)22-12-10-21(11-13-22)16-39-18-32-37-38-39/h2-4,7-8,10-13,17-19,23-24H,5-6,9,14-16H2,1H3,(H,31,41)(H,33,42)(H,34,40)(H,35,43)/t19-,23-,24-/m0/s1. The van der Waals surface area contributed by atoms with Crippen molar-refractivity contribution >= 4 is 23.6 Å². The van der Waals surface area contributed by atoms with E-state index in [2.05, 4.69) is 41.8 Å². The monoisotopic (exact) mass is 599 g/mol. The molecule has 4 amide bonds. The molecule has 0 saturated heterocycles. The van der Waals surface area contributed by atoms with E-state index in [9.17, 15) is 19.2 Å². The number of carbonyl (C=O) groups excluding carboxylic acids is 4. The molecule has 228 valence electrons. The van der Waals surface area contributed by atoms with Crippen LogP contribution in [0.4, 0.5) is 0 Å². The molecular weight excluding hydrogens is 566 g/mol. The average molecular weight is 600 g/mol. The molecule has 5 rings (SSSR count). The first-order valence-corrected chi connectivity index (χ1v) is 14.3. The van der Waals surface area contributed by atoms with E-state index in [1.54, 1.807) is 35.9 Å². The fourth-order valence-corrected chi connectivity index (χ4v) is 4.78. The van der Waals surface area contributed by atoms with Gasteiger partial charge < -0.3 is 25.7 Å². The Morgan fingerprint density at radius 2 is 1.80 bits per heavy atom. The van der Waals surface area contributed by atoms with Gasteiger partial charge in [-0.05, 0) is 59.9 Å². The molecule has 0 fully saturated rings. The largest absolute Gasteiger partial charge is 0.446 e. The van der Waals surface area contributed by atoms with Crippen molar-refractivity contribution in [2.45, 2.75) is 57.3 Å². The molecule has 3 atom stereocenters. The second kappa shape index (κ2) is 14.2. The van der Waals surface area contributed by atoms with Gasteiger partial charge in [-0.2, -0.15) is 0 Å². The van der Waals surface area contributed by atoms with Crippen molar-refractivity contribution < 1.29 is 23.6 Å². The maximum Gasteiger partial charge on any atom is 0.273 e. The van der Waals surface area contributed by atoms with Gasteiger partial charge in [0.15, 0.2) is 5.69 Å². The molecule has 1 aliphatic rings. The number of hydrogen-bond acceptors (Lipinski definition) is 9. The lowest BCUT2D eigenvalue weighted by Crippen LogP contribution is -2.49. The van der Waals surface area contributed by atoms with Crippen LogP contribution in [-0.2, 0) is 22.6 Å². The van der Waals surface area contributed by atoms with Crippen LogP contribution < -0.4 is 21.3 Å². The Hall–Kier alpha value is -5.40. The van der Waals surface area contributed by atoms with Crippen molar-refractivity contribution in [3.05, 3.63) is 95.5 Å². The molecular formula is C30H33N9O5. The van der Waals surface area contributed by atoms with E-state index < -0.39 is 35.8 Å². The molecule has 14 nitrogen and oxygen atoms in total. The minimum atomic E-state index is -0.863. The third kappa shape index (κ3) is 7.91. The van der Waals surface area contributed by atoms with Gasteiger partial charge in [0, 0.05) is 18.5 Å². The molecule has 3 heterocycles. The van der Waals surface area contributed by atoms with Crippen LogP contribution in [0.25, 0.3) is 0 Å².